The Kier molecular flexibility index (Phi) is 4.57. The van der Waals surface area contributed by atoms with Crippen LogP contribution in [0.2, 0.25) is 0 Å². The van der Waals surface area contributed by atoms with Crippen LogP contribution in [0.25, 0.3) is 0 Å². The molecule has 1 aromatic rings. The minimum atomic E-state index is -0.343. The summed E-state index contributed by atoms with van der Waals surface area (Å²) in [5.74, 6) is 0.128. The van der Waals surface area contributed by atoms with Crippen molar-refractivity contribution in [2.24, 2.45) is 22.2 Å². The topological polar surface area (TPSA) is 111 Å². The van der Waals surface area contributed by atoms with Crippen molar-refractivity contribution in [3.63, 3.8) is 0 Å². The summed E-state index contributed by atoms with van der Waals surface area (Å²) in [6.07, 6.45) is 1.75. The van der Waals surface area contributed by atoms with E-state index in [-0.39, 0.29) is 17.9 Å². The van der Waals surface area contributed by atoms with Gasteiger partial charge in [-0.3, -0.25) is 4.79 Å². The molecule has 1 heterocycles. The number of aliphatic imine (C=N–C) groups is 1. The molecule has 6 N–H and O–H groups in total. The summed E-state index contributed by atoms with van der Waals surface area (Å²) in [4.78, 5) is 17.7. The predicted molar refractivity (Wildman–Crippen MR) is 78.6 cm³/mol. The zero-order valence-electron chi connectivity index (χ0n) is 11.5. The number of amides is 1. The monoisotopic (exact) mass is 275 g/mol. The second kappa shape index (κ2) is 6.38. The van der Waals surface area contributed by atoms with Gasteiger partial charge < -0.3 is 22.1 Å². The number of hydrogen-bond donors (Lipinski definition) is 3. The van der Waals surface area contributed by atoms with Crippen molar-refractivity contribution in [3.05, 3.63) is 35.4 Å². The van der Waals surface area contributed by atoms with Gasteiger partial charge in [-0.1, -0.05) is 24.3 Å². The average Bonchev–Trinajstić information content (AvgIpc) is 2.43. The molecule has 1 aromatic carbocycles. The SMILES string of the molecule is NC(N)=NCc1ccc(CN2CCCC(N)C2=O)cc1. The van der Waals surface area contributed by atoms with Crippen LogP contribution in [0.4, 0.5) is 0 Å². The second-order valence-corrected chi connectivity index (χ2v) is 5.07. The number of nitrogens with two attached hydrogens (primary N) is 3. The van der Waals surface area contributed by atoms with Gasteiger partial charge >= 0.3 is 0 Å². The fraction of sp³-hybridized carbons (Fsp3) is 0.429. The Morgan fingerprint density at radius 1 is 1.25 bits per heavy atom. The van der Waals surface area contributed by atoms with E-state index in [0.29, 0.717) is 13.1 Å². The molecule has 1 amide bonds. The minimum absolute atomic E-state index is 0.0424. The lowest BCUT2D eigenvalue weighted by atomic mass is 10.0. The molecule has 0 aromatic heterocycles. The third-order valence-electron chi connectivity index (χ3n) is 3.41. The lowest BCUT2D eigenvalue weighted by Gasteiger charge is -2.30. The van der Waals surface area contributed by atoms with Gasteiger partial charge in [-0.2, -0.15) is 0 Å². The van der Waals surface area contributed by atoms with Crippen LogP contribution in [0, 0.1) is 0 Å². The highest BCUT2D eigenvalue weighted by atomic mass is 16.2. The van der Waals surface area contributed by atoms with Crippen LogP contribution in [-0.4, -0.2) is 29.4 Å². The van der Waals surface area contributed by atoms with Crippen LogP contribution in [0.3, 0.4) is 0 Å². The van der Waals surface area contributed by atoms with Gasteiger partial charge in [0, 0.05) is 13.1 Å². The number of carbonyl (C=O) groups excluding carboxylic acids is 1. The Hall–Kier alpha value is -2.08. The molecular formula is C14H21N5O. The van der Waals surface area contributed by atoms with E-state index >= 15 is 0 Å². The quantitative estimate of drug-likeness (QED) is 0.526. The number of hydrogen-bond acceptors (Lipinski definition) is 3. The maximum atomic E-state index is 11.9. The first-order valence-electron chi connectivity index (χ1n) is 6.74. The van der Waals surface area contributed by atoms with E-state index in [0.717, 1.165) is 30.5 Å². The number of rotatable bonds is 4. The molecule has 1 aliphatic heterocycles. The lowest BCUT2D eigenvalue weighted by Crippen LogP contribution is -2.47. The van der Waals surface area contributed by atoms with Crippen molar-refractivity contribution < 1.29 is 4.79 Å². The van der Waals surface area contributed by atoms with Gasteiger partial charge in [-0.25, -0.2) is 4.99 Å². The van der Waals surface area contributed by atoms with Crippen LogP contribution in [0.5, 0.6) is 0 Å². The van der Waals surface area contributed by atoms with E-state index in [1.165, 1.54) is 0 Å². The lowest BCUT2D eigenvalue weighted by molar-refractivity contribution is -0.135. The number of guanidine groups is 1. The van der Waals surface area contributed by atoms with Gasteiger partial charge in [0.15, 0.2) is 5.96 Å². The Bertz CT molecular complexity index is 493. The molecule has 108 valence electrons. The average molecular weight is 275 g/mol. The van der Waals surface area contributed by atoms with E-state index in [9.17, 15) is 4.79 Å². The van der Waals surface area contributed by atoms with Gasteiger partial charge in [0.1, 0.15) is 0 Å². The molecule has 1 unspecified atom stereocenters. The normalized spacial score (nSPS) is 18.9. The third kappa shape index (κ3) is 3.71. The first-order chi connectivity index (χ1) is 9.56. The van der Waals surface area contributed by atoms with E-state index in [2.05, 4.69) is 4.99 Å². The van der Waals surface area contributed by atoms with Crippen LogP contribution in [0.1, 0.15) is 24.0 Å². The Morgan fingerprint density at radius 2 is 1.90 bits per heavy atom. The predicted octanol–water partition coefficient (Wildman–Crippen LogP) is -0.0903. The molecule has 0 aliphatic carbocycles. The Morgan fingerprint density at radius 3 is 2.55 bits per heavy atom. The molecule has 0 spiro atoms. The van der Waals surface area contributed by atoms with Gasteiger partial charge in [-0.15, -0.1) is 0 Å². The van der Waals surface area contributed by atoms with Crippen LogP contribution in [0.15, 0.2) is 29.3 Å². The summed E-state index contributed by atoms with van der Waals surface area (Å²) in [5, 5.41) is 0. The van der Waals surface area contributed by atoms with Gasteiger partial charge in [-0.05, 0) is 24.0 Å². The Balaban J connectivity index is 1.96. The first kappa shape index (κ1) is 14.3. The maximum Gasteiger partial charge on any atom is 0.239 e. The molecule has 20 heavy (non-hydrogen) atoms. The fourth-order valence-corrected chi connectivity index (χ4v) is 2.28. The third-order valence-corrected chi connectivity index (χ3v) is 3.41. The summed E-state index contributed by atoms with van der Waals surface area (Å²) in [7, 11) is 0. The molecule has 1 atom stereocenters. The van der Waals surface area contributed by atoms with Crippen LogP contribution in [-0.2, 0) is 17.9 Å². The summed E-state index contributed by atoms with van der Waals surface area (Å²) in [6.45, 7) is 1.85. The summed E-state index contributed by atoms with van der Waals surface area (Å²) in [5.41, 5.74) is 18.5. The maximum absolute atomic E-state index is 11.9. The summed E-state index contributed by atoms with van der Waals surface area (Å²) < 4.78 is 0. The zero-order valence-corrected chi connectivity index (χ0v) is 11.5. The molecule has 6 heteroatoms. The van der Waals surface area contributed by atoms with E-state index in [1.54, 1.807) is 0 Å². The number of carbonyl (C=O) groups is 1. The van der Waals surface area contributed by atoms with Gasteiger partial charge in [0.25, 0.3) is 0 Å². The second-order valence-electron chi connectivity index (χ2n) is 5.07. The van der Waals surface area contributed by atoms with Crippen molar-refractivity contribution in [1.29, 1.82) is 0 Å². The van der Waals surface area contributed by atoms with Gasteiger partial charge in [0.2, 0.25) is 5.91 Å². The molecule has 0 saturated carbocycles. The van der Waals surface area contributed by atoms with Gasteiger partial charge in [0.05, 0.1) is 12.6 Å². The number of nitrogens with zero attached hydrogens (tertiary/aromatic N) is 2. The standard InChI is InChI=1S/C14H21N5O/c15-12-2-1-7-19(13(12)20)9-11-5-3-10(4-6-11)8-18-14(16)17/h3-6,12H,1-2,7-9,15H2,(H4,16,17,18). The zero-order chi connectivity index (χ0) is 14.5. The summed E-state index contributed by atoms with van der Waals surface area (Å²) in [6, 6.07) is 7.58. The number of likely N-dealkylation sites (tertiary alicyclic amines) is 1. The van der Waals surface area contributed by atoms with Crippen LogP contribution < -0.4 is 17.2 Å². The van der Waals surface area contributed by atoms with Crippen molar-refractivity contribution >= 4 is 11.9 Å². The smallest absolute Gasteiger partial charge is 0.239 e. The molecular weight excluding hydrogens is 254 g/mol. The van der Waals surface area contributed by atoms with Crippen molar-refractivity contribution in [2.75, 3.05) is 6.54 Å². The Labute approximate surface area is 118 Å². The van der Waals surface area contributed by atoms with Crippen molar-refractivity contribution in [3.8, 4) is 0 Å². The van der Waals surface area contributed by atoms with Crippen LogP contribution >= 0.6 is 0 Å². The molecule has 0 radical (unpaired) electrons. The van der Waals surface area contributed by atoms with E-state index < -0.39 is 0 Å². The van der Waals surface area contributed by atoms with E-state index in [4.69, 9.17) is 17.2 Å². The minimum Gasteiger partial charge on any atom is -0.370 e. The van der Waals surface area contributed by atoms with E-state index in [1.807, 2.05) is 29.2 Å². The molecule has 1 saturated heterocycles. The highest BCUT2D eigenvalue weighted by Gasteiger charge is 2.25. The molecule has 0 bridgehead atoms. The number of benzene rings is 1. The molecule has 6 nitrogen and oxygen atoms in total. The molecule has 1 aliphatic rings. The highest BCUT2D eigenvalue weighted by Crippen LogP contribution is 2.14. The number of piperidine rings is 1. The highest BCUT2D eigenvalue weighted by molar-refractivity contribution is 5.82. The largest absolute Gasteiger partial charge is 0.370 e. The fourth-order valence-electron chi connectivity index (χ4n) is 2.28. The summed E-state index contributed by atoms with van der Waals surface area (Å²) >= 11 is 0. The molecule has 1 fully saturated rings. The molecule has 2 rings (SSSR count). The van der Waals surface area contributed by atoms with Crippen molar-refractivity contribution in [1.82, 2.24) is 4.90 Å². The van der Waals surface area contributed by atoms with Crippen molar-refractivity contribution in [2.45, 2.75) is 32.0 Å². The first-order valence-corrected chi connectivity index (χ1v) is 6.74.